The zero-order chi connectivity index (χ0) is 21.0. The fourth-order valence-corrected chi connectivity index (χ4v) is 2.76. The highest BCUT2D eigenvalue weighted by Gasteiger charge is 2.18. The van der Waals surface area contributed by atoms with Gasteiger partial charge in [-0.1, -0.05) is 19.1 Å². The quantitative estimate of drug-likeness (QED) is 0.668. The molecule has 1 atom stereocenters. The molecule has 0 saturated heterocycles. The van der Waals surface area contributed by atoms with Crippen LogP contribution in [-0.2, 0) is 4.79 Å². The minimum absolute atomic E-state index is 0.0329. The molecule has 0 saturated carbocycles. The zero-order valence-electron chi connectivity index (χ0n) is 16.4. The Balaban J connectivity index is 1.69. The van der Waals surface area contributed by atoms with Crippen LogP contribution < -0.4 is 10.6 Å². The van der Waals surface area contributed by atoms with Gasteiger partial charge in [-0.05, 0) is 55.8 Å². The number of carbonyl (C=O) groups excluding carboxylic acids is 2. The van der Waals surface area contributed by atoms with Crippen LogP contribution in [0, 0.1) is 12.7 Å². The molecule has 0 radical (unpaired) electrons. The van der Waals surface area contributed by atoms with Gasteiger partial charge in [-0.25, -0.2) is 14.1 Å². The maximum absolute atomic E-state index is 13.1. The second-order valence-corrected chi connectivity index (χ2v) is 6.59. The lowest BCUT2D eigenvalue weighted by Crippen LogP contribution is -2.27. The Kier molecular flexibility index (Phi) is 6.01. The van der Waals surface area contributed by atoms with E-state index in [-0.39, 0.29) is 23.6 Å². The van der Waals surface area contributed by atoms with Crippen molar-refractivity contribution in [3.05, 3.63) is 71.6 Å². The summed E-state index contributed by atoms with van der Waals surface area (Å²) in [6.07, 6.45) is 0.408. The lowest BCUT2D eigenvalue weighted by atomic mass is 10.1. The molecule has 0 fully saturated rings. The van der Waals surface area contributed by atoms with Crippen molar-refractivity contribution in [1.29, 1.82) is 0 Å². The molecule has 0 aliphatic carbocycles. The van der Waals surface area contributed by atoms with E-state index in [4.69, 9.17) is 0 Å². The topological polar surface area (TPSA) is 88.9 Å². The molecular formula is C21H22FN5O2. The van der Waals surface area contributed by atoms with Crippen LogP contribution >= 0.6 is 0 Å². The molecule has 3 rings (SSSR count). The summed E-state index contributed by atoms with van der Waals surface area (Å²) >= 11 is 0. The van der Waals surface area contributed by atoms with Gasteiger partial charge in [-0.2, -0.15) is 0 Å². The number of hydrogen-bond acceptors (Lipinski definition) is 4. The number of rotatable bonds is 6. The van der Waals surface area contributed by atoms with Gasteiger partial charge in [0.25, 0.3) is 5.91 Å². The van der Waals surface area contributed by atoms with Crippen LogP contribution in [0.15, 0.2) is 48.5 Å². The molecule has 1 aromatic heterocycles. The highest BCUT2D eigenvalue weighted by molar-refractivity contribution is 5.91. The number of nitrogens with zero attached hydrogens (tertiary/aromatic N) is 3. The third-order valence-corrected chi connectivity index (χ3v) is 4.41. The number of anilines is 1. The van der Waals surface area contributed by atoms with Crippen LogP contribution in [0.3, 0.4) is 0 Å². The summed E-state index contributed by atoms with van der Waals surface area (Å²) in [4.78, 5) is 28.2. The first kappa shape index (κ1) is 20.2. The van der Waals surface area contributed by atoms with Gasteiger partial charge in [0, 0.05) is 12.1 Å². The summed E-state index contributed by atoms with van der Waals surface area (Å²) in [6.45, 7) is 5.36. The maximum Gasteiger partial charge on any atom is 0.291 e. The standard InChI is InChI=1S/C21H22FN5O2/c1-4-19(28)25-17-9-5-15(6-10-17)13(2)23-21(29)20-24-14(3)27(26-20)18-11-7-16(22)8-12-18/h5-13H,4H2,1-3H3,(H,23,29)(H,25,28). The molecule has 3 aromatic rings. The molecule has 0 aliphatic rings. The molecular weight excluding hydrogens is 373 g/mol. The van der Waals surface area contributed by atoms with Gasteiger partial charge in [0.2, 0.25) is 11.7 Å². The number of aromatic nitrogens is 3. The molecule has 2 amide bonds. The molecule has 1 heterocycles. The van der Waals surface area contributed by atoms with E-state index in [2.05, 4.69) is 20.7 Å². The highest BCUT2D eigenvalue weighted by atomic mass is 19.1. The second kappa shape index (κ2) is 8.64. The van der Waals surface area contributed by atoms with Crippen molar-refractivity contribution in [1.82, 2.24) is 20.1 Å². The number of hydrogen-bond donors (Lipinski definition) is 2. The minimum atomic E-state index is -0.412. The van der Waals surface area contributed by atoms with Gasteiger partial charge in [-0.15, -0.1) is 5.10 Å². The lowest BCUT2D eigenvalue weighted by molar-refractivity contribution is -0.115. The second-order valence-electron chi connectivity index (χ2n) is 6.59. The Bertz CT molecular complexity index is 1010. The van der Waals surface area contributed by atoms with Crippen molar-refractivity contribution in [2.75, 3.05) is 5.32 Å². The SMILES string of the molecule is CCC(=O)Nc1ccc(C(C)NC(=O)c2nc(C)n(-c3ccc(F)cc3)n2)cc1. The molecule has 150 valence electrons. The predicted octanol–water partition coefficient (Wildman–Crippen LogP) is 3.55. The summed E-state index contributed by atoms with van der Waals surface area (Å²) in [5.74, 6) is -0.267. The van der Waals surface area contributed by atoms with Crippen LogP contribution in [-0.4, -0.2) is 26.6 Å². The first-order valence-corrected chi connectivity index (χ1v) is 9.27. The Morgan fingerprint density at radius 3 is 2.38 bits per heavy atom. The number of nitrogens with one attached hydrogen (secondary N) is 2. The maximum atomic E-state index is 13.1. The van der Waals surface area contributed by atoms with Gasteiger partial charge >= 0.3 is 0 Å². The van der Waals surface area contributed by atoms with E-state index < -0.39 is 5.91 Å². The average molecular weight is 395 g/mol. The fourth-order valence-electron chi connectivity index (χ4n) is 2.76. The Morgan fingerprint density at radius 2 is 1.76 bits per heavy atom. The van der Waals surface area contributed by atoms with Crippen molar-refractivity contribution in [3.8, 4) is 5.69 Å². The summed E-state index contributed by atoms with van der Waals surface area (Å²) < 4.78 is 14.6. The number of amides is 2. The van der Waals surface area contributed by atoms with E-state index in [0.717, 1.165) is 5.56 Å². The molecule has 29 heavy (non-hydrogen) atoms. The van der Waals surface area contributed by atoms with Crippen molar-refractivity contribution in [2.45, 2.75) is 33.2 Å². The summed E-state index contributed by atoms with van der Waals surface area (Å²) in [5.41, 5.74) is 2.20. The average Bonchev–Trinajstić information content (AvgIpc) is 3.10. The van der Waals surface area contributed by atoms with Crippen LogP contribution in [0.4, 0.5) is 10.1 Å². The van der Waals surface area contributed by atoms with E-state index in [9.17, 15) is 14.0 Å². The highest BCUT2D eigenvalue weighted by Crippen LogP contribution is 2.17. The third kappa shape index (κ3) is 4.84. The van der Waals surface area contributed by atoms with E-state index in [0.29, 0.717) is 23.6 Å². The number of aryl methyl sites for hydroxylation is 1. The molecule has 0 bridgehead atoms. The van der Waals surface area contributed by atoms with Gasteiger partial charge in [0.15, 0.2) is 0 Å². The molecule has 2 N–H and O–H groups in total. The fraction of sp³-hybridized carbons (Fsp3) is 0.238. The molecule has 0 spiro atoms. The molecule has 1 unspecified atom stereocenters. The Labute approximate surface area is 168 Å². The van der Waals surface area contributed by atoms with E-state index in [1.54, 1.807) is 38.1 Å². The number of benzene rings is 2. The number of halogens is 1. The van der Waals surface area contributed by atoms with Gasteiger partial charge in [0.05, 0.1) is 11.7 Å². The van der Waals surface area contributed by atoms with Crippen LogP contribution in [0.1, 0.15) is 48.3 Å². The third-order valence-electron chi connectivity index (χ3n) is 4.41. The van der Waals surface area contributed by atoms with Crippen LogP contribution in [0.5, 0.6) is 0 Å². The first-order chi connectivity index (χ1) is 13.9. The Morgan fingerprint density at radius 1 is 1.10 bits per heavy atom. The van der Waals surface area contributed by atoms with E-state index in [1.165, 1.54) is 16.8 Å². The van der Waals surface area contributed by atoms with Crippen molar-refractivity contribution in [3.63, 3.8) is 0 Å². The monoisotopic (exact) mass is 395 g/mol. The molecule has 2 aromatic carbocycles. The van der Waals surface area contributed by atoms with Gasteiger partial charge < -0.3 is 10.6 Å². The van der Waals surface area contributed by atoms with E-state index >= 15 is 0 Å². The largest absolute Gasteiger partial charge is 0.343 e. The van der Waals surface area contributed by atoms with Crippen molar-refractivity contribution < 1.29 is 14.0 Å². The van der Waals surface area contributed by atoms with Gasteiger partial charge in [0.1, 0.15) is 11.6 Å². The normalized spacial score (nSPS) is 11.7. The lowest BCUT2D eigenvalue weighted by Gasteiger charge is -2.14. The Hall–Kier alpha value is -3.55. The predicted molar refractivity (Wildman–Crippen MR) is 107 cm³/mol. The summed E-state index contributed by atoms with van der Waals surface area (Å²) in [7, 11) is 0. The number of carbonyl (C=O) groups is 2. The van der Waals surface area contributed by atoms with Crippen LogP contribution in [0.2, 0.25) is 0 Å². The smallest absolute Gasteiger partial charge is 0.291 e. The van der Waals surface area contributed by atoms with Crippen molar-refractivity contribution >= 4 is 17.5 Å². The molecule has 7 nitrogen and oxygen atoms in total. The van der Waals surface area contributed by atoms with Crippen molar-refractivity contribution in [2.24, 2.45) is 0 Å². The molecule has 0 aliphatic heterocycles. The van der Waals surface area contributed by atoms with Crippen LogP contribution in [0.25, 0.3) is 5.69 Å². The minimum Gasteiger partial charge on any atom is -0.343 e. The summed E-state index contributed by atoms with van der Waals surface area (Å²) in [5, 5.41) is 9.88. The first-order valence-electron chi connectivity index (χ1n) is 9.27. The summed E-state index contributed by atoms with van der Waals surface area (Å²) in [6, 6.07) is 12.8. The zero-order valence-corrected chi connectivity index (χ0v) is 16.4. The molecule has 8 heteroatoms. The van der Waals surface area contributed by atoms with E-state index in [1.807, 2.05) is 19.1 Å². The van der Waals surface area contributed by atoms with Gasteiger partial charge in [-0.3, -0.25) is 9.59 Å².